The summed E-state index contributed by atoms with van der Waals surface area (Å²) in [6.07, 6.45) is -0.451. The van der Waals surface area contributed by atoms with Crippen molar-refractivity contribution in [2.24, 2.45) is 0 Å². The van der Waals surface area contributed by atoms with Crippen LogP contribution in [0.1, 0.15) is 12.1 Å². The molecule has 0 saturated carbocycles. The number of ether oxygens (including phenoxy) is 1. The molecule has 22 heavy (non-hydrogen) atoms. The van der Waals surface area contributed by atoms with Gasteiger partial charge < -0.3 is 9.64 Å². The van der Waals surface area contributed by atoms with E-state index in [-0.39, 0.29) is 6.10 Å². The van der Waals surface area contributed by atoms with Crippen LogP contribution in [0.25, 0.3) is 0 Å². The van der Waals surface area contributed by atoms with E-state index < -0.39 is 11.9 Å². The van der Waals surface area contributed by atoms with Crippen molar-refractivity contribution in [2.45, 2.75) is 18.7 Å². The van der Waals surface area contributed by atoms with Crippen molar-refractivity contribution in [1.29, 1.82) is 0 Å². The van der Waals surface area contributed by atoms with Crippen LogP contribution in [-0.4, -0.2) is 34.4 Å². The molecule has 2 aromatic rings. The van der Waals surface area contributed by atoms with E-state index in [0.717, 1.165) is 18.2 Å². The van der Waals surface area contributed by atoms with E-state index in [0.29, 0.717) is 18.9 Å². The molecule has 1 aliphatic heterocycles. The largest absolute Gasteiger partial charge is 0.488 e. The van der Waals surface area contributed by atoms with Crippen LogP contribution in [0.4, 0.5) is 19.0 Å². The lowest BCUT2D eigenvalue weighted by molar-refractivity contribution is -0.141. The van der Waals surface area contributed by atoms with Crippen molar-refractivity contribution in [3.63, 3.8) is 0 Å². The van der Waals surface area contributed by atoms with Crippen molar-refractivity contribution >= 4 is 5.82 Å². The summed E-state index contributed by atoms with van der Waals surface area (Å²) in [5, 5.41) is 6.90. The predicted molar refractivity (Wildman–Crippen MR) is 72.5 cm³/mol. The van der Waals surface area contributed by atoms with Crippen LogP contribution in [0.2, 0.25) is 0 Å². The highest BCUT2D eigenvalue weighted by Crippen LogP contribution is 2.28. The number of hydrogen-bond donors (Lipinski definition) is 0. The lowest BCUT2D eigenvalue weighted by atomic mass is 10.3. The highest BCUT2D eigenvalue weighted by molar-refractivity contribution is 5.39. The van der Waals surface area contributed by atoms with Gasteiger partial charge in [0.15, 0.2) is 11.5 Å². The summed E-state index contributed by atoms with van der Waals surface area (Å²) in [4.78, 5) is 5.77. The Morgan fingerprint density at radius 3 is 2.50 bits per heavy atom. The molecule has 3 heterocycles. The monoisotopic (exact) mass is 310 g/mol. The third kappa shape index (κ3) is 3.26. The molecule has 2 aromatic heterocycles. The number of pyridine rings is 1. The first-order chi connectivity index (χ1) is 10.5. The lowest BCUT2D eigenvalue weighted by Gasteiger charge is -2.17. The molecule has 0 spiro atoms. The molecule has 1 atom stereocenters. The molecule has 3 rings (SSSR count). The maximum atomic E-state index is 12.5. The second-order valence-electron chi connectivity index (χ2n) is 4.93. The minimum Gasteiger partial charge on any atom is -0.488 e. The fourth-order valence-corrected chi connectivity index (χ4v) is 2.29. The summed E-state index contributed by atoms with van der Waals surface area (Å²) in [6, 6.07) is 5.81. The first-order valence-corrected chi connectivity index (χ1v) is 6.75. The van der Waals surface area contributed by atoms with Crippen LogP contribution in [0.3, 0.4) is 0 Å². The molecule has 1 unspecified atom stereocenters. The van der Waals surface area contributed by atoms with E-state index in [1.54, 1.807) is 24.5 Å². The minimum absolute atomic E-state index is 0.0357. The molecular formula is C14H13F3N4O. The molecule has 0 radical (unpaired) electrons. The number of hydrogen-bond acceptors (Lipinski definition) is 5. The standard InChI is InChI=1S/C14H13F3N4O/c15-14(16,17)12-1-2-13(20-19-12)21-8-5-11(9-21)22-10-3-6-18-7-4-10/h1-4,6-7,11H,5,8-9H2. The number of anilines is 1. The van der Waals surface area contributed by atoms with Gasteiger partial charge in [-0.2, -0.15) is 13.2 Å². The van der Waals surface area contributed by atoms with Crippen LogP contribution in [0, 0.1) is 0 Å². The summed E-state index contributed by atoms with van der Waals surface area (Å²) in [6.45, 7) is 1.22. The van der Waals surface area contributed by atoms with E-state index in [1.165, 1.54) is 6.07 Å². The maximum absolute atomic E-state index is 12.5. The van der Waals surface area contributed by atoms with Crippen LogP contribution < -0.4 is 9.64 Å². The van der Waals surface area contributed by atoms with Crippen molar-refractivity contribution in [2.75, 3.05) is 18.0 Å². The van der Waals surface area contributed by atoms with Gasteiger partial charge in [-0.15, -0.1) is 10.2 Å². The van der Waals surface area contributed by atoms with Gasteiger partial charge in [-0.3, -0.25) is 4.98 Å². The zero-order valence-corrected chi connectivity index (χ0v) is 11.5. The van der Waals surface area contributed by atoms with E-state index in [9.17, 15) is 13.2 Å². The molecule has 0 N–H and O–H groups in total. The Morgan fingerprint density at radius 2 is 1.86 bits per heavy atom. The molecule has 1 aliphatic rings. The quantitative estimate of drug-likeness (QED) is 0.872. The van der Waals surface area contributed by atoms with Crippen LogP contribution in [0.5, 0.6) is 5.75 Å². The zero-order valence-electron chi connectivity index (χ0n) is 11.5. The van der Waals surface area contributed by atoms with Crippen LogP contribution in [-0.2, 0) is 6.18 Å². The number of nitrogens with zero attached hydrogens (tertiary/aromatic N) is 4. The third-order valence-electron chi connectivity index (χ3n) is 3.36. The molecule has 0 aliphatic carbocycles. The molecule has 0 bridgehead atoms. The molecule has 0 amide bonds. The lowest BCUT2D eigenvalue weighted by Crippen LogP contribution is -2.25. The van der Waals surface area contributed by atoms with Gasteiger partial charge in [0.1, 0.15) is 11.9 Å². The summed E-state index contributed by atoms with van der Waals surface area (Å²) in [7, 11) is 0. The van der Waals surface area contributed by atoms with Crippen molar-refractivity contribution in [3.05, 3.63) is 42.4 Å². The van der Waals surface area contributed by atoms with E-state index in [4.69, 9.17) is 4.74 Å². The van der Waals surface area contributed by atoms with E-state index in [1.807, 2.05) is 4.90 Å². The van der Waals surface area contributed by atoms with Gasteiger partial charge in [-0.1, -0.05) is 0 Å². The molecule has 8 heteroatoms. The fraction of sp³-hybridized carbons (Fsp3) is 0.357. The number of alkyl halides is 3. The van der Waals surface area contributed by atoms with Crippen molar-refractivity contribution < 1.29 is 17.9 Å². The highest BCUT2D eigenvalue weighted by atomic mass is 19.4. The average Bonchev–Trinajstić information content (AvgIpc) is 2.96. The highest BCUT2D eigenvalue weighted by Gasteiger charge is 2.33. The smallest absolute Gasteiger partial charge is 0.435 e. The second-order valence-corrected chi connectivity index (χ2v) is 4.93. The van der Waals surface area contributed by atoms with Crippen molar-refractivity contribution in [1.82, 2.24) is 15.2 Å². The molecule has 0 aromatic carbocycles. The van der Waals surface area contributed by atoms with Crippen molar-refractivity contribution in [3.8, 4) is 5.75 Å². The first kappa shape index (κ1) is 14.6. The Hall–Kier alpha value is -2.38. The summed E-state index contributed by atoms with van der Waals surface area (Å²) in [5.41, 5.74) is -0.986. The Morgan fingerprint density at radius 1 is 1.09 bits per heavy atom. The Balaban J connectivity index is 1.63. The maximum Gasteiger partial charge on any atom is 0.435 e. The topological polar surface area (TPSA) is 51.1 Å². The second kappa shape index (κ2) is 5.78. The Kier molecular flexibility index (Phi) is 3.82. The van der Waals surface area contributed by atoms with Gasteiger partial charge in [0.2, 0.25) is 0 Å². The fourth-order valence-electron chi connectivity index (χ4n) is 2.29. The molecular weight excluding hydrogens is 297 g/mol. The molecule has 1 saturated heterocycles. The van der Waals surface area contributed by atoms with E-state index in [2.05, 4.69) is 15.2 Å². The van der Waals surface area contributed by atoms with Gasteiger partial charge in [0, 0.05) is 25.4 Å². The normalized spacial score (nSPS) is 18.5. The number of aromatic nitrogens is 3. The molecule has 116 valence electrons. The predicted octanol–water partition coefficient (Wildman–Crippen LogP) is 2.55. The Labute approximate surface area is 124 Å². The van der Waals surface area contributed by atoms with Gasteiger partial charge in [-0.05, 0) is 24.3 Å². The first-order valence-electron chi connectivity index (χ1n) is 6.75. The van der Waals surface area contributed by atoms with Crippen LogP contribution in [0.15, 0.2) is 36.7 Å². The Bertz CT molecular complexity index is 618. The number of halogens is 3. The van der Waals surface area contributed by atoms with Gasteiger partial charge in [-0.25, -0.2) is 0 Å². The summed E-state index contributed by atoms with van der Waals surface area (Å²) >= 11 is 0. The van der Waals surface area contributed by atoms with Gasteiger partial charge in [0.05, 0.1) is 6.54 Å². The zero-order chi connectivity index (χ0) is 15.6. The molecule has 5 nitrogen and oxygen atoms in total. The number of rotatable bonds is 3. The molecule has 1 fully saturated rings. The van der Waals surface area contributed by atoms with E-state index >= 15 is 0 Å². The van der Waals surface area contributed by atoms with Gasteiger partial charge >= 0.3 is 6.18 Å². The SMILES string of the molecule is FC(F)(F)c1ccc(N2CCC(Oc3ccncc3)C2)nn1. The minimum atomic E-state index is -4.47. The summed E-state index contributed by atoms with van der Waals surface area (Å²) < 4.78 is 43.2. The van der Waals surface area contributed by atoms with Crippen LogP contribution >= 0.6 is 0 Å². The summed E-state index contributed by atoms with van der Waals surface area (Å²) in [5.74, 6) is 1.15. The average molecular weight is 310 g/mol. The van der Waals surface area contributed by atoms with Gasteiger partial charge in [0.25, 0.3) is 0 Å². The third-order valence-corrected chi connectivity index (χ3v) is 3.36.